The molecule has 0 radical (unpaired) electrons. The Balaban J connectivity index is 1.70. The summed E-state index contributed by atoms with van der Waals surface area (Å²) >= 11 is 18.3. The molecule has 3 aromatic carbocycles. The van der Waals surface area contributed by atoms with Crippen molar-refractivity contribution < 1.29 is 4.74 Å². The van der Waals surface area contributed by atoms with E-state index in [4.69, 9.17) is 39.5 Å². The molecule has 0 saturated carbocycles. The Morgan fingerprint density at radius 3 is 2.31 bits per heavy atom. The van der Waals surface area contributed by atoms with Crippen LogP contribution in [0.15, 0.2) is 60.7 Å². The lowest BCUT2D eigenvalue weighted by Gasteiger charge is -2.14. The Bertz CT molecular complexity index is 894. The molecule has 3 aromatic rings. The molecule has 3 rings (SSSR count). The minimum Gasteiger partial charge on any atom is -0.489 e. The van der Waals surface area contributed by atoms with Crippen LogP contribution in [0.1, 0.15) is 16.7 Å². The molecule has 0 unspecified atom stereocenters. The van der Waals surface area contributed by atoms with Crippen LogP contribution in [-0.4, -0.2) is 0 Å². The highest BCUT2D eigenvalue weighted by Crippen LogP contribution is 2.26. The van der Waals surface area contributed by atoms with Gasteiger partial charge in [0.25, 0.3) is 0 Å². The van der Waals surface area contributed by atoms with Crippen molar-refractivity contribution in [3.63, 3.8) is 0 Å². The summed E-state index contributed by atoms with van der Waals surface area (Å²) < 4.78 is 5.98. The van der Waals surface area contributed by atoms with Crippen LogP contribution in [0.4, 0.5) is 5.69 Å². The van der Waals surface area contributed by atoms with E-state index in [0.717, 1.165) is 33.1 Å². The number of rotatable bonds is 6. The number of anilines is 1. The summed E-state index contributed by atoms with van der Waals surface area (Å²) in [4.78, 5) is 0. The molecular formula is C21H18Cl3NO. The van der Waals surface area contributed by atoms with E-state index in [-0.39, 0.29) is 0 Å². The lowest BCUT2D eigenvalue weighted by atomic mass is 10.1. The predicted molar refractivity (Wildman–Crippen MR) is 111 cm³/mol. The van der Waals surface area contributed by atoms with Gasteiger partial charge in [-0.15, -0.1) is 0 Å². The first-order valence-electron chi connectivity index (χ1n) is 8.17. The average molecular weight is 407 g/mol. The molecule has 0 atom stereocenters. The molecule has 0 aliphatic rings. The van der Waals surface area contributed by atoms with E-state index in [0.29, 0.717) is 23.2 Å². The fourth-order valence-electron chi connectivity index (χ4n) is 2.47. The third-order valence-corrected chi connectivity index (χ3v) is 4.88. The monoisotopic (exact) mass is 405 g/mol. The third-order valence-electron chi connectivity index (χ3n) is 3.98. The molecule has 2 nitrogen and oxygen atoms in total. The number of ether oxygens (including phenoxy) is 1. The van der Waals surface area contributed by atoms with Crippen molar-refractivity contribution >= 4 is 40.5 Å². The highest BCUT2D eigenvalue weighted by molar-refractivity contribution is 6.31. The number of halogens is 3. The van der Waals surface area contributed by atoms with Crippen LogP contribution in [0.2, 0.25) is 15.1 Å². The molecule has 0 amide bonds. The highest BCUT2D eigenvalue weighted by Gasteiger charge is 2.07. The maximum atomic E-state index is 6.19. The summed E-state index contributed by atoms with van der Waals surface area (Å²) in [6, 6.07) is 19.1. The van der Waals surface area contributed by atoms with Gasteiger partial charge in [0, 0.05) is 32.9 Å². The molecule has 0 bridgehead atoms. The maximum absolute atomic E-state index is 6.19. The fraction of sp³-hybridized carbons (Fsp3) is 0.143. The smallest absolute Gasteiger partial charge is 0.124 e. The molecule has 0 aromatic heterocycles. The zero-order chi connectivity index (χ0) is 18.5. The summed E-state index contributed by atoms with van der Waals surface area (Å²) in [6.07, 6.45) is 0. The first kappa shape index (κ1) is 18.9. The van der Waals surface area contributed by atoms with E-state index in [1.54, 1.807) is 0 Å². The van der Waals surface area contributed by atoms with Crippen molar-refractivity contribution in [3.8, 4) is 5.75 Å². The Morgan fingerprint density at radius 2 is 1.58 bits per heavy atom. The summed E-state index contributed by atoms with van der Waals surface area (Å²) in [6.45, 7) is 3.02. The lowest BCUT2D eigenvalue weighted by molar-refractivity contribution is 0.303. The maximum Gasteiger partial charge on any atom is 0.124 e. The van der Waals surface area contributed by atoms with Crippen LogP contribution in [0.5, 0.6) is 5.75 Å². The molecule has 0 saturated heterocycles. The fourth-order valence-corrected chi connectivity index (χ4v) is 2.97. The minimum absolute atomic E-state index is 0.460. The first-order chi connectivity index (χ1) is 12.5. The molecule has 0 aliphatic heterocycles. The number of hydrogen-bond acceptors (Lipinski definition) is 2. The van der Waals surface area contributed by atoms with Crippen LogP contribution >= 0.6 is 34.8 Å². The largest absolute Gasteiger partial charge is 0.489 e. The predicted octanol–water partition coefficient (Wildman–Crippen LogP) is 7.15. The number of hydrogen-bond donors (Lipinski definition) is 1. The third kappa shape index (κ3) is 5.07. The summed E-state index contributed by atoms with van der Waals surface area (Å²) in [7, 11) is 0. The topological polar surface area (TPSA) is 21.3 Å². The van der Waals surface area contributed by atoms with Gasteiger partial charge in [-0.25, -0.2) is 0 Å². The van der Waals surface area contributed by atoms with E-state index < -0.39 is 0 Å². The second-order valence-electron chi connectivity index (χ2n) is 5.98. The van der Waals surface area contributed by atoms with Crippen molar-refractivity contribution in [2.45, 2.75) is 20.1 Å². The van der Waals surface area contributed by atoms with Gasteiger partial charge in [0.2, 0.25) is 0 Å². The van der Waals surface area contributed by atoms with Crippen LogP contribution in [-0.2, 0) is 13.2 Å². The minimum atomic E-state index is 0.460. The van der Waals surface area contributed by atoms with Gasteiger partial charge >= 0.3 is 0 Å². The molecule has 0 spiro atoms. The second kappa shape index (κ2) is 8.68. The van der Waals surface area contributed by atoms with Gasteiger partial charge in [-0.05, 0) is 60.5 Å². The van der Waals surface area contributed by atoms with E-state index in [2.05, 4.69) is 5.32 Å². The van der Waals surface area contributed by atoms with E-state index in [1.165, 1.54) is 0 Å². The number of aryl methyl sites for hydroxylation is 1. The Labute approximate surface area is 168 Å². The average Bonchev–Trinajstić information content (AvgIpc) is 2.63. The van der Waals surface area contributed by atoms with Crippen LogP contribution in [0.3, 0.4) is 0 Å². The summed E-state index contributed by atoms with van der Waals surface area (Å²) in [5, 5.41) is 5.48. The van der Waals surface area contributed by atoms with Gasteiger partial charge in [0.15, 0.2) is 0 Å². The normalized spacial score (nSPS) is 10.6. The molecule has 134 valence electrons. The Kier molecular flexibility index (Phi) is 6.31. The molecule has 26 heavy (non-hydrogen) atoms. The van der Waals surface area contributed by atoms with Gasteiger partial charge in [0.1, 0.15) is 12.4 Å². The molecule has 0 fully saturated rings. The van der Waals surface area contributed by atoms with Crippen molar-refractivity contribution in [1.29, 1.82) is 0 Å². The highest BCUT2D eigenvalue weighted by atomic mass is 35.5. The van der Waals surface area contributed by atoms with Crippen LogP contribution < -0.4 is 10.1 Å². The van der Waals surface area contributed by atoms with Gasteiger partial charge < -0.3 is 10.1 Å². The Hall–Kier alpha value is -1.87. The zero-order valence-corrected chi connectivity index (χ0v) is 16.5. The number of nitrogens with one attached hydrogen (secondary N) is 1. The van der Waals surface area contributed by atoms with E-state index >= 15 is 0 Å². The van der Waals surface area contributed by atoms with Crippen molar-refractivity contribution in [3.05, 3.63) is 92.4 Å². The van der Waals surface area contributed by atoms with Gasteiger partial charge in [-0.2, -0.15) is 0 Å². The molecule has 0 heterocycles. The molecule has 5 heteroatoms. The number of benzene rings is 3. The molecular weight excluding hydrogens is 389 g/mol. The van der Waals surface area contributed by atoms with Gasteiger partial charge in [0.05, 0.1) is 0 Å². The van der Waals surface area contributed by atoms with E-state index in [1.807, 2.05) is 67.6 Å². The van der Waals surface area contributed by atoms with Crippen LogP contribution in [0, 0.1) is 6.92 Å². The quantitative estimate of drug-likeness (QED) is 0.469. The van der Waals surface area contributed by atoms with Gasteiger partial charge in [-0.3, -0.25) is 0 Å². The summed E-state index contributed by atoms with van der Waals surface area (Å²) in [5.41, 5.74) is 4.02. The standard InChI is InChI=1S/C21H18Cl3NO/c1-14-2-8-19(11-20(14)24)25-12-16-10-18(23)7-9-21(16)26-13-15-3-5-17(22)6-4-15/h2-11,25H,12-13H2,1H3. The van der Waals surface area contributed by atoms with Crippen LogP contribution in [0.25, 0.3) is 0 Å². The van der Waals surface area contributed by atoms with Crippen molar-refractivity contribution in [2.75, 3.05) is 5.32 Å². The molecule has 0 aliphatic carbocycles. The van der Waals surface area contributed by atoms with Crippen molar-refractivity contribution in [2.24, 2.45) is 0 Å². The van der Waals surface area contributed by atoms with Crippen molar-refractivity contribution in [1.82, 2.24) is 0 Å². The van der Waals surface area contributed by atoms with E-state index in [9.17, 15) is 0 Å². The summed E-state index contributed by atoms with van der Waals surface area (Å²) in [5.74, 6) is 0.787. The lowest BCUT2D eigenvalue weighted by Crippen LogP contribution is -2.04. The second-order valence-corrected chi connectivity index (χ2v) is 7.26. The molecule has 1 N–H and O–H groups in total. The first-order valence-corrected chi connectivity index (χ1v) is 9.30. The SMILES string of the molecule is Cc1ccc(NCc2cc(Cl)ccc2OCc2ccc(Cl)cc2)cc1Cl. The van der Waals surface area contributed by atoms with Gasteiger partial charge in [-0.1, -0.05) is 53.0 Å². The Morgan fingerprint density at radius 1 is 0.846 bits per heavy atom. The zero-order valence-electron chi connectivity index (χ0n) is 14.2.